The number of benzene rings is 1. The van der Waals surface area contributed by atoms with Crippen LogP contribution in [0.2, 0.25) is 5.02 Å². The molecule has 29 heavy (non-hydrogen) atoms. The molecule has 154 valence electrons. The summed E-state index contributed by atoms with van der Waals surface area (Å²) in [6.07, 6.45) is 0.507. The van der Waals surface area contributed by atoms with E-state index in [9.17, 15) is 14.4 Å². The fourth-order valence-electron chi connectivity index (χ4n) is 3.01. The minimum absolute atomic E-state index is 0.0377. The van der Waals surface area contributed by atoms with Gasteiger partial charge in [-0.1, -0.05) is 11.6 Å². The van der Waals surface area contributed by atoms with Crippen molar-refractivity contribution < 1.29 is 28.3 Å². The molecule has 0 spiro atoms. The highest BCUT2D eigenvalue weighted by molar-refractivity contribution is 6.31. The monoisotopic (exact) mass is 420 g/mol. The summed E-state index contributed by atoms with van der Waals surface area (Å²) in [6, 6.07) is 8.28. The zero-order valence-corrected chi connectivity index (χ0v) is 16.8. The fraction of sp³-hybridized carbons (Fsp3) is 0.350. The largest absolute Gasteiger partial charge is 0.495 e. The van der Waals surface area contributed by atoms with E-state index in [1.165, 1.54) is 31.3 Å². The van der Waals surface area contributed by atoms with Crippen molar-refractivity contribution in [2.45, 2.75) is 26.0 Å². The number of carbonyl (C=O) groups is 3. The molecule has 0 bridgehead atoms. The average molecular weight is 421 g/mol. The van der Waals surface area contributed by atoms with Gasteiger partial charge < -0.3 is 24.1 Å². The quantitative estimate of drug-likeness (QED) is 0.691. The molecule has 2 aromatic rings. The minimum Gasteiger partial charge on any atom is -0.495 e. The second-order valence-corrected chi connectivity index (χ2v) is 7.10. The van der Waals surface area contributed by atoms with Crippen LogP contribution in [0.3, 0.4) is 0 Å². The predicted octanol–water partition coefficient (Wildman–Crippen LogP) is 2.86. The van der Waals surface area contributed by atoms with Crippen molar-refractivity contribution in [1.82, 2.24) is 4.90 Å². The average Bonchev–Trinajstić information content (AvgIpc) is 3.32. The van der Waals surface area contributed by atoms with E-state index in [1.807, 2.05) is 0 Å². The molecule has 2 amide bonds. The fourth-order valence-corrected chi connectivity index (χ4v) is 3.18. The van der Waals surface area contributed by atoms with Crippen LogP contribution in [0.4, 0.5) is 5.69 Å². The number of nitrogens with zero attached hydrogens (tertiary/aromatic N) is 1. The summed E-state index contributed by atoms with van der Waals surface area (Å²) in [5.41, 5.74) is 0.369. The smallest absolute Gasteiger partial charge is 0.312 e. The van der Waals surface area contributed by atoms with Gasteiger partial charge in [0.05, 0.1) is 31.5 Å². The first kappa shape index (κ1) is 20.7. The third kappa shape index (κ3) is 5.08. The third-order valence-electron chi connectivity index (χ3n) is 4.56. The van der Waals surface area contributed by atoms with Crippen molar-refractivity contribution >= 4 is 35.1 Å². The molecular formula is C20H21ClN2O6. The molecule has 1 saturated heterocycles. The summed E-state index contributed by atoms with van der Waals surface area (Å²) >= 11 is 5.95. The van der Waals surface area contributed by atoms with E-state index in [1.54, 1.807) is 24.3 Å². The number of hydrogen-bond acceptors (Lipinski definition) is 6. The van der Waals surface area contributed by atoms with E-state index >= 15 is 0 Å². The Morgan fingerprint density at radius 2 is 2.17 bits per heavy atom. The van der Waals surface area contributed by atoms with Crippen LogP contribution >= 0.6 is 11.6 Å². The van der Waals surface area contributed by atoms with E-state index in [4.69, 9.17) is 25.5 Å². The lowest BCUT2D eigenvalue weighted by Gasteiger charge is -2.18. The number of halogens is 1. The van der Waals surface area contributed by atoms with Gasteiger partial charge in [-0.3, -0.25) is 14.4 Å². The Labute approximate surface area is 172 Å². The summed E-state index contributed by atoms with van der Waals surface area (Å²) < 4.78 is 15.7. The molecule has 0 radical (unpaired) electrons. The molecule has 1 N–H and O–H groups in total. The summed E-state index contributed by atoms with van der Waals surface area (Å²) in [5, 5.41) is 3.05. The Hall–Kier alpha value is -3.00. The molecule has 0 unspecified atom stereocenters. The van der Waals surface area contributed by atoms with Gasteiger partial charge in [-0.2, -0.15) is 0 Å². The summed E-state index contributed by atoms with van der Waals surface area (Å²) in [6.45, 7) is 1.97. The molecule has 1 aromatic heterocycles. The lowest BCUT2D eigenvalue weighted by Crippen LogP contribution is -2.33. The first-order valence-electron chi connectivity index (χ1n) is 9.02. The van der Waals surface area contributed by atoms with Crippen LogP contribution < -0.4 is 10.1 Å². The van der Waals surface area contributed by atoms with Gasteiger partial charge in [0.15, 0.2) is 6.10 Å². The highest BCUT2D eigenvalue weighted by Gasteiger charge is 2.37. The van der Waals surface area contributed by atoms with Crippen molar-refractivity contribution in [3.63, 3.8) is 0 Å². The summed E-state index contributed by atoms with van der Waals surface area (Å²) in [4.78, 5) is 38.5. The molecule has 1 aliphatic rings. The number of furan rings is 1. The molecule has 9 heteroatoms. The van der Waals surface area contributed by atoms with Gasteiger partial charge in [-0.25, -0.2) is 0 Å². The van der Waals surface area contributed by atoms with Crippen LogP contribution in [0, 0.1) is 5.92 Å². The van der Waals surface area contributed by atoms with E-state index < -0.39 is 23.9 Å². The highest BCUT2D eigenvalue weighted by Crippen LogP contribution is 2.28. The van der Waals surface area contributed by atoms with Gasteiger partial charge in [0, 0.05) is 18.0 Å². The molecule has 1 fully saturated rings. The molecule has 3 rings (SSSR count). The zero-order valence-electron chi connectivity index (χ0n) is 16.0. The molecular weight excluding hydrogens is 400 g/mol. The molecule has 8 nitrogen and oxygen atoms in total. The lowest BCUT2D eigenvalue weighted by molar-refractivity contribution is -0.157. The number of anilines is 1. The van der Waals surface area contributed by atoms with Crippen LogP contribution in [-0.2, 0) is 25.7 Å². The van der Waals surface area contributed by atoms with Crippen molar-refractivity contribution in [3.05, 3.63) is 47.4 Å². The number of esters is 1. The van der Waals surface area contributed by atoms with Crippen LogP contribution in [0.15, 0.2) is 41.0 Å². The van der Waals surface area contributed by atoms with Gasteiger partial charge in [0.2, 0.25) is 5.91 Å². The van der Waals surface area contributed by atoms with Gasteiger partial charge in [0.1, 0.15) is 11.5 Å². The third-order valence-corrected chi connectivity index (χ3v) is 4.79. The van der Waals surface area contributed by atoms with E-state index in [0.29, 0.717) is 28.8 Å². The molecule has 2 heterocycles. The molecule has 0 saturated carbocycles. The number of likely N-dealkylation sites (tertiary alicyclic amines) is 1. The number of nitrogens with one attached hydrogen (secondary N) is 1. The Bertz CT molecular complexity index is 898. The van der Waals surface area contributed by atoms with E-state index in [-0.39, 0.29) is 18.9 Å². The molecule has 0 aliphatic carbocycles. The highest BCUT2D eigenvalue weighted by atomic mass is 35.5. The maximum Gasteiger partial charge on any atom is 0.312 e. The van der Waals surface area contributed by atoms with E-state index in [0.717, 1.165) is 0 Å². The van der Waals surface area contributed by atoms with Gasteiger partial charge in [0.25, 0.3) is 5.91 Å². The Morgan fingerprint density at radius 3 is 2.86 bits per heavy atom. The molecule has 2 atom stereocenters. The van der Waals surface area contributed by atoms with E-state index in [2.05, 4.69) is 5.32 Å². The van der Waals surface area contributed by atoms with Crippen LogP contribution in [0.25, 0.3) is 0 Å². The maximum absolute atomic E-state index is 12.4. The lowest BCUT2D eigenvalue weighted by atomic mass is 10.1. The minimum atomic E-state index is -1.06. The van der Waals surface area contributed by atoms with Crippen molar-refractivity contribution in [2.75, 3.05) is 19.0 Å². The zero-order chi connectivity index (χ0) is 21.0. The summed E-state index contributed by atoms with van der Waals surface area (Å²) in [5.74, 6) is -0.860. The first-order valence-corrected chi connectivity index (χ1v) is 9.40. The number of hydrogen-bond donors (Lipinski definition) is 1. The van der Waals surface area contributed by atoms with Crippen molar-refractivity contribution in [2.24, 2.45) is 5.92 Å². The second-order valence-electron chi connectivity index (χ2n) is 6.67. The number of methoxy groups -OCH3 is 1. The van der Waals surface area contributed by atoms with Crippen LogP contribution in [0.5, 0.6) is 5.75 Å². The predicted molar refractivity (Wildman–Crippen MR) is 104 cm³/mol. The number of amides is 2. The van der Waals surface area contributed by atoms with Crippen LogP contribution in [0.1, 0.15) is 19.1 Å². The van der Waals surface area contributed by atoms with Gasteiger partial charge >= 0.3 is 5.97 Å². The van der Waals surface area contributed by atoms with Crippen molar-refractivity contribution in [3.8, 4) is 5.75 Å². The normalized spacial score (nSPS) is 17.1. The SMILES string of the molecule is COc1ccc(Cl)cc1NC(=O)[C@H](C)OC(=O)[C@H]1CC(=O)N(Cc2ccco2)C1. The van der Waals surface area contributed by atoms with Crippen molar-refractivity contribution in [1.29, 1.82) is 0 Å². The van der Waals surface area contributed by atoms with Crippen LogP contribution in [-0.4, -0.2) is 42.4 Å². The van der Waals surface area contributed by atoms with Gasteiger partial charge in [-0.05, 0) is 37.3 Å². The Balaban J connectivity index is 1.55. The maximum atomic E-state index is 12.4. The summed E-state index contributed by atoms with van der Waals surface area (Å²) in [7, 11) is 1.47. The Kier molecular flexibility index (Phi) is 6.43. The molecule has 1 aromatic carbocycles. The number of ether oxygens (including phenoxy) is 2. The topological polar surface area (TPSA) is 98.1 Å². The number of carbonyl (C=O) groups excluding carboxylic acids is 3. The second kappa shape index (κ2) is 9.00. The number of rotatable bonds is 7. The standard InChI is InChI=1S/C20H21ClN2O6/c1-12(19(25)22-16-9-14(21)5-6-17(16)27-2)29-20(26)13-8-18(24)23(10-13)11-15-4-3-7-28-15/h3-7,9,12-13H,8,10-11H2,1-2H3,(H,22,25)/t12-,13-/m0/s1. The first-order chi connectivity index (χ1) is 13.9. The Morgan fingerprint density at radius 1 is 1.38 bits per heavy atom. The van der Waals surface area contributed by atoms with Gasteiger partial charge in [-0.15, -0.1) is 0 Å². The molecule has 1 aliphatic heterocycles.